The average molecular weight is 395 g/mol. The zero-order valence-electron chi connectivity index (χ0n) is 11.4. The van der Waals surface area contributed by atoms with Crippen LogP contribution in [0.1, 0.15) is 27.6 Å². The van der Waals surface area contributed by atoms with Gasteiger partial charge in [0, 0.05) is 14.8 Å². The zero-order chi connectivity index (χ0) is 15.2. The van der Waals surface area contributed by atoms with Crippen molar-refractivity contribution in [2.75, 3.05) is 11.9 Å². The molecule has 0 saturated carbocycles. The molecule has 5 heteroatoms. The van der Waals surface area contributed by atoms with Gasteiger partial charge in [0.15, 0.2) is 0 Å². The molecule has 4 nitrogen and oxygen atoms in total. The highest BCUT2D eigenvalue weighted by Gasteiger charge is 2.08. The predicted octanol–water partition coefficient (Wildman–Crippen LogP) is 3.72. The van der Waals surface area contributed by atoms with Crippen LogP contribution in [0.2, 0.25) is 0 Å². The molecule has 2 aromatic carbocycles. The number of benzene rings is 2. The highest BCUT2D eigenvalue weighted by Crippen LogP contribution is 2.13. The smallest absolute Gasteiger partial charge is 0.338 e. The third-order valence-corrected chi connectivity index (χ3v) is 3.41. The Labute approximate surface area is 136 Å². The molecule has 0 unspecified atom stereocenters. The molecular weight excluding hydrogens is 381 g/mol. The molecule has 0 radical (unpaired) electrons. The van der Waals surface area contributed by atoms with E-state index in [2.05, 4.69) is 27.9 Å². The second-order valence-electron chi connectivity index (χ2n) is 4.26. The summed E-state index contributed by atoms with van der Waals surface area (Å²) < 4.78 is 5.90. The number of ether oxygens (including phenoxy) is 1. The maximum absolute atomic E-state index is 12.1. The van der Waals surface area contributed by atoms with Gasteiger partial charge in [-0.2, -0.15) is 0 Å². The average Bonchev–Trinajstić information content (AvgIpc) is 2.48. The highest BCUT2D eigenvalue weighted by atomic mass is 127. The molecular formula is C16H14INO3. The molecule has 0 saturated heterocycles. The Morgan fingerprint density at radius 1 is 1.10 bits per heavy atom. The summed E-state index contributed by atoms with van der Waals surface area (Å²) >= 11 is 2.16. The number of hydrogen-bond donors (Lipinski definition) is 1. The first-order valence-corrected chi connectivity index (χ1v) is 7.52. The van der Waals surface area contributed by atoms with Gasteiger partial charge in [-0.25, -0.2) is 4.79 Å². The summed E-state index contributed by atoms with van der Waals surface area (Å²) in [6.45, 7) is 2.09. The van der Waals surface area contributed by atoms with E-state index in [1.807, 2.05) is 18.2 Å². The number of carbonyl (C=O) groups excluding carboxylic acids is 2. The number of esters is 1. The first kappa shape index (κ1) is 15.5. The lowest BCUT2D eigenvalue weighted by Gasteiger charge is -2.07. The fraction of sp³-hybridized carbons (Fsp3) is 0.125. The van der Waals surface area contributed by atoms with Gasteiger partial charge >= 0.3 is 5.97 Å². The van der Waals surface area contributed by atoms with Gasteiger partial charge in [0.05, 0.1) is 12.2 Å². The van der Waals surface area contributed by atoms with Crippen molar-refractivity contribution >= 4 is 40.2 Å². The molecule has 0 aliphatic rings. The van der Waals surface area contributed by atoms with Gasteiger partial charge in [-0.15, -0.1) is 0 Å². The van der Waals surface area contributed by atoms with E-state index < -0.39 is 0 Å². The lowest BCUT2D eigenvalue weighted by atomic mass is 10.2. The molecule has 0 bridgehead atoms. The maximum Gasteiger partial charge on any atom is 0.338 e. The normalized spacial score (nSPS) is 10.0. The Kier molecular flexibility index (Phi) is 5.32. The summed E-state index contributed by atoms with van der Waals surface area (Å²) in [6, 6.07) is 13.9. The summed E-state index contributed by atoms with van der Waals surface area (Å²) in [5.74, 6) is -0.551. The Morgan fingerprint density at radius 3 is 2.43 bits per heavy atom. The third-order valence-electron chi connectivity index (χ3n) is 2.74. The molecule has 1 N–H and O–H groups in total. The minimum absolute atomic E-state index is 0.183. The van der Waals surface area contributed by atoms with Gasteiger partial charge in [-0.3, -0.25) is 4.79 Å². The van der Waals surface area contributed by atoms with E-state index in [1.165, 1.54) is 0 Å². The first-order valence-electron chi connectivity index (χ1n) is 6.44. The Hall–Kier alpha value is -1.89. The van der Waals surface area contributed by atoms with E-state index in [0.717, 1.165) is 3.57 Å². The van der Waals surface area contributed by atoms with Crippen molar-refractivity contribution in [1.82, 2.24) is 0 Å². The number of anilines is 1. The van der Waals surface area contributed by atoms with Crippen molar-refractivity contribution in [2.45, 2.75) is 6.92 Å². The Balaban J connectivity index is 2.06. The second kappa shape index (κ2) is 7.21. The number of hydrogen-bond acceptors (Lipinski definition) is 3. The molecule has 0 fully saturated rings. The number of amides is 1. The van der Waals surface area contributed by atoms with Crippen LogP contribution in [0.25, 0.3) is 0 Å². The Morgan fingerprint density at radius 2 is 1.81 bits per heavy atom. The van der Waals surface area contributed by atoms with Gasteiger partial charge in [0.2, 0.25) is 0 Å². The lowest BCUT2D eigenvalue weighted by molar-refractivity contribution is 0.0526. The maximum atomic E-state index is 12.1. The van der Waals surface area contributed by atoms with E-state index in [4.69, 9.17) is 4.74 Å². The van der Waals surface area contributed by atoms with Crippen molar-refractivity contribution in [1.29, 1.82) is 0 Å². The van der Waals surface area contributed by atoms with Crippen molar-refractivity contribution in [3.63, 3.8) is 0 Å². The summed E-state index contributed by atoms with van der Waals surface area (Å²) in [5.41, 5.74) is 1.69. The molecule has 0 aliphatic carbocycles. The zero-order valence-corrected chi connectivity index (χ0v) is 13.6. The largest absolute Gasteiger partial charge is 0.462 e. The fourth-order valence-corrected chi connectivity index (χ4v) is 2.28. The van der Waals surface area contributed by atoms with Crippen molar-refractivity contribution in [2.24, 2.45) is 0 Å². The van der Waals surface area contributed by atoms with E-state index in [0.29, 0.717) is 23.4 Å². The number of rotatable bonds is 4. The van der Waals surface area contributed by atoms with Crippen LogP contribution < -0.4 is 5.32 Å². The Bertz CT molecular complexity index is 653. The molecule has 108 valence electrons. The minimum atomic E-state index is -0.368. The van der Waals surface area contributed by atoms with Crippen molar-refractivity contribution in [3.8, 4) is 0 Å². The molecule has 0 aromatic heterocycles. The van der Waals surface area contributed by atoms with Gasteiger partial charge in [-0.05, 0) is 72.0 Å². The van der Waals surface area contributed by atoms with E-state index in [-0.39, 0.29) is 11.9 Å². The van der Waals surface area contributed by atoms with Crippen molar-refractivity contribution in [3.05, 3.63) is 63.2 Å². The molecule has 2 aromatic rings. The number of halogens is 1. The van der Waals surface area contributed by atoms with Crippen LogP contribution in [-0.2, 0) is 4.74 Å². The standard InChI is InChI=1S/C16H14INO3/c1-2-21-16(20)11-6-8-14(9-7-11)18-15(19)12-4-3-5-13(17)10-12/h3-10H,2H2,1H3,(H,18,19). The third kappa shape index (κ3) is 4.29. The van der Waals surface area contributed by atoms with Gasteiger partial charge < -0.3 is 10.1 Å². The van der Waals surface area contributed by atoms with Gasteiger partial charge in [0.1, 0.15) is 0 Å². The number of carbonyl (C=O) groups is 2. The summed E-state index contributed by atoms with van der Waals surface area (Å²) in [7, 11) is 0. The molecule has 0 atom stereocenters. The quantitative estimate of drug-likeness (QED) is 0.634. The van der Waals surface area contributed by atoms with E-state index >= 15 is 0 Å². The van der Waals surface area contributed by atoms with Crippen LogP contribution in [0, 0.1) is 3.57 Å². The monoisotopic (exact) mass is 395 g/mol. The lowest BCUT2D eigenvalue weighted by Crippen LogP contribution is -2.12. The number of nitrogens with one attached hydrogen (secondary N) is 1. The van der Waals surface area contributed by atoms with Crippen LogP contribution in [-0.4, -0.2) is 18.5 Å². The highest BCUT2D eigenvalue weighted by molar-refractivity contribution is 14.1. The van der Waals surface area contributed by atoms with Gasteiger partial charge in [0.25, 0.3) is 5.91 Å². The molecule has 2 rings (SSSR count). The van der Waals surface area contributed by atoms with E-state index in [1.54, 1.807) is 37.3 Å². The van der Waals surface area contributed by atoms with Crippen molar-refractivity contribution < 1.29 is 14.3 Å². The second-order valence-corrected chi connectivity index (χ2v) is 5.51. The summed E-state index contributed by atoms with van der Waals surface area (Å²) in [5, 5.41) is 2.79. The van der Waals surface area contributed by atoms with E-state index in [9.17, 15) is 9.59 Å². The first-order chi connectivity index (χ1) is 10.1. The van der Waals surface area contributed by atoms with Crippen LogP contribution in [0.4, 0.5) is 5.69 Å². The molecule has 0 aliphatic heterocycles. The minimum Gasteiger partial charge on any atom is -0.462 e. The van der Waals surface area contributed by atoms with Crippen LogP contribution in [0.15, 0.2) is 48.5 Å². The van der Waals surface area contributed by atoms with Crippen LogP contribution >= 0.6 is 22.6 Å². The molecule has 21 heavy (non-hydrogen) atoms. The predicted molar refractivity (Wildman–Crippen MR) is 89.5 cm³/mol. The molecule has 1 amide bonds. The van der Waals surface area contributed by atoms with Gasteiger partial charge in [-0.1, -0.05) is 6.07 Å². The van der Waals surface area contributed by atoms with Crippen LogP contribution in [0.5, 0.6) is 0 Å². The van der Waals surface area contributed by atoms with Crippen LogP contribution in [0.3, 0.4) is 0 Å². The fourth-order valence-electron chi connectivity index (χ4n) is 1.74. The molecule has 0 spiro atoms. The SMILES string of the molecule is CCOC(=O)c1ccc(NC(=O)c2cccc(I)c2)cc1. The summed E-state index contributed by atoms with van der Waals surface area (Å²) in [4.78, 5) is 23.6. The topological polar surface area (TPSA) is 55.4 Å². The summed E-state index contributed by atoms with van der Waals surface area (Å²) in [6.07, 6.45) is 0. The molecule has 0 heterocycles.